The van der Waals surface area contributed by atoms with Crippen LogP contribution in [0, 0.1) is 10.1 Å². The van der Waals surface area contributed by atoms with E-state index < -0.39 is 11.2 Å². The number of nitrogens with zero attached hydrogens (tertiary/aromatic N) is 3. The number of hydrogen-bond acceptors (Lipinski definition) is 5. The van der Waals surface area contributed by atoms with E-state index >= 15 is 0 Å². The molecule has 0 saturated heterocycles. The van der Waals surface area contributed by atoms with Crippen LogP contribution in [0.4, 0.5) is 5.69 Å². The van der Waals surface area contributed by atoms with Crippen LogP contribution in [0.2, 0.25) is 10.0 Å². The fourth-order valence-electron chi connectivity index (χ4n) is 2.34. The van der Waals surface area contributed by atoms with E-state index in [2.05, 4.69) is 5.10 Å². The smallest absolute Gasteiger partial charge is 0.270 e. The number of ether oxygens (including phenoxy) is 1. The first-order chi connectivity index (χ1) is 11.9. The molecule has 1 heterocycles. The van der Waals surface area contributed by atoms with Crippen LogP contribution in [0.5, 0.6) is 0 Å². The number of amides is 1. The Kier molecular flexibility index (Phi) is 4.61. The lowest BCUT2D eigenvalue weighted by atomic mass is 10.2. The molecule has 0 fully saturated rings. The van der Waals surface area contributed by atoms with E-state index in [4.69, 9.17) is 27.9 Å². The summed E-state index contributed by atoms with van der Waals surface area (Å²) in [5, 5.41) is 16.9. The standard InChI is InChI=1S/C16H11Cl2N3O4/c1-9(22)20-16(10-3-2-4-11(17)7-10)25-15(19-20)13-8-12(21(23)24)5-6-14(13)18/h2-8,16H,1H3/t16-/m1/s1. The maximum Gasteiger partial charge on any atom is 0.270 e. The number of nitro groups is 1. The molecule has 1 aliphatic rings. The van der Waals surface area contributed by atoms with E-state index in [1.165, 1.54) is 25.1 Å². The van der Waals surface area contributed by atoms with Gasteiger partial charge < -0.3 is 4.74 Å². The van der Waals surface area contributed by atoms with E-state index in [-0.39, 0.29) is 28.1 Å². The minimum atomic E-state index is -0.832. The summed E-state index contributed by atoms with van der Waals surface area (Å²) in [7, 11) is 0. The van der Waals surface area contributed by atoms with Crippen LogP contribution >= 0.6 is 23.2 Å². The van der Waals surface area contributed by atoms with Crippen LogP contribution in [-0.2, 0) is 9.53 Å². The molecule has 0 radical (unpaired) electrons. The Balaban J connectivity index is 2.02. The van der Waals surface area contributed by atoms with Crippen molar-refractivity contribution in [3.8, 4) is 0 Å². The lowest BCUT2D eigenvalue weighted by Gasteiger charge is -2.19. The minimum Gasteiger partial charge on any atom is -0.446 e. The van der Waals surface area contributed by atoms with Gasteiger partial charge in [0, 0.05) is 29.6 Å². The quantitative estimate of drug-likeness (QED) is 0.592. The van der Waals surface area contributed by atoms with Gasteiger partial charge in [-0.3, -0.25) is 14.9 Å². The maximum atomic E-state index is 11.9. The number of benzene rings is 2. The second kappa shape index (κ2) is 6.70. The SMILES string of the molecule is CC(=O)N1N=C(c2cc([N+](=O)[O-])ccc2Cl)O[C@@H]1c1cccc(Cl)c1. The highest BCUT2D eigenvalue weighted by Crippen LogP contribution is 2.34. The molecule has 0 spiro atoms. The molecular weight excluding hydrogens is 369 g/mol. The summed E-state index contributed by atoms with van der Waals surface area (Å²) in [6.07, 6.45) is -0.832. The molecule has 25 heavy (non-hydrogen) atoms. The number of carbonyl (C=O) groups excluding carboxylic acids is 1. The lowest BCUT2D eigenvalue weighted by molar-refractivity contribution is -0.384. The number of rotatable bonds is 3. The fourth-order valence-corrected chi connectivity index (χ4v) is 2.74. The van der Waals surface area contributed by atoms with Gasteiger partial charge in [0.1, 0.15) is 0 Å². The first-order valence-electron chi connectivity index (χ1n) is 7.11. The topological polar surface area (TPSA) is 85.0 Å². The Morgan fingerprint density at radius 2 is 2.04 bits per heavy atom. The van der Waals surface area contributed by atoms with Crippen molar-refractivity contribution >= 4 is 40.7 Å². The molecule has 0 aromatic heterocycles. The highest BCUT2D eigenvalue weighted by molar-refractivity contribution is 6.34. The number of nitro benzene ring substituents is 1. The molecule has 9 heteroatoms. The van der Waals surface area contributed by atoms with Gasteiger partial charge in [0.15, 0.2) is 0 Å². The molecule has 0 aliphatic carbocycles. The summed E-state index contributed by atoms with van der Waals surface area (Å²) in [6.45, 7) is 1.34. The van der Waals surface area contributed by atoms with Gasteiger partial charge in [0.2, 0.25) is 18.0 Å². The molecule has 1 aliphatic heterocycles. The van der Waals surface area contributed by atoms with Gasteiger partial charge in [-0.05, 0) is 18.2 Å². The van der Waals surface area contributed by atoms with Crippen LogP contribution in [0.3, 0.4) is 0 Å². The zero-order valence-corrected chi connectivity index (χ0v) is 14.4. The molecule has 0 N–H and O–H groups in total. The van der Waals surface area contributed by atoms with Gasteiger partial charge in [-0.25, -0.2) is 0 Å². The van der Waals surface area contributed by atoms with E-state index in [0.29, 0.717) is 10.6 Å². The van der Waals surface area contributed by atoms with Crippen molar-refractivity contribution in [1.82, 2.24) is 5.01 Å². The first-order valence-corrected chi connectivity index (χ1v) is 7.87. The predicted molar refractivity (Wildman–Crippen MR) is 92.4 cm³/mol. The summed E-state index contributed by atoms with van der Waals surface area (Å²) >= 11 is 12.1. The number of carbonyl (C=O) groups is 1. The predicted octanol–water partition coefficient (Wildman–Crippen LogP) is 4.14. The van der Waals surface area contributed by atoms with Crippen LogP contribution in [0.15, 0.2) is 47.6 Å². The van der Waals surface area contributed by atoms with Gasteiger partial charge in [0.25, 0.3) is 5.69 Å². The minimum absolute atomic E-state index is 0.0221. The average molecular weight is 380 g/mol. The third-order valence-corrected chi connectivity index (χ3v) is 4.06. The zero-order chi connectivity index (χ0) is 18.1. The van der Waals surface area contributed by atoms with Crippen LogP contribution < -0.4 is 0 Å². The van der Waals surface area contributed by atoms with E-state index in [1.807, 2.05) is 0 Å². The van der Waals surface area contributed by atoms with Crippen molar-refractivity contribution in [2.45, 2.75) is 13.2 Å². The molecule has 1 amide bonds. The van der Waals surface area contributed by atoms with Gasteiger partial charge >= 0.3 is 0 Å². The van der Waals surface area contributed by atoms with Crippen molar-refractivity contribution < 1.29 is 14.5 Å². The Morgan fingerprint density at radius 3 is 2.68 bits per heavy atom. The Hall–Kier alpha value is -2.64. The second-order valence-electron chi connectivity index (χ2n) is 5.22. The highest BCUT2D eigenvalue weighted by atomic mass is 35.5. The summed E-state index contributed by atoms with van der Waals surface area (Å²) in [5.41, 5.74) is 0.681. The maximum absolute atomic E-state index is 11.9. The normalized spacial score (nSPS) is 16.4. The third kappa shape index (κ3) is 3.42. The molecule has 0 saturated carbocycles. The summed E-state index contributed by atoms with van der Waals surface area (Å²) in [4.78, 5) is 22.3. The van der Waals surface area contributed by atoms with Crippen LogP contribution in [0.25, 0.3) is 0 Å². The average Bonchev–Trinajstić information content (AvgIpc) is 3.00. The van der Waals surface area contributed by atoms with Crippen molar-refractivity contribution in [2.24, 2.45) is 5.10 Å². The number of hydrogen-bond donors (Lipinski definition) is 0. The Bertz CT molecular complexity index is 901. The monoisotopic (exact) mass is 379 g/mol. The van der Waals surface area contributed by atoms with E-state index in [1.54, 1.807) is 24.3 Å². The van der Waals surface area contributed by atoms with Crippen molar-refractivity contribution in [1.29, 1.82) is 0 Å². The molecule has 2 aromatic carbocycles. The van der Waals surface area contributed by atoms with Crippen molar-refractivity contribution in [3.05, 3.63) is 73.8 Å². The first kappa shape index (κ1) is 17.2. The fraction of sp³-hybridized carbons (Fsp3) is 0.125. The number of hydrazone groups is 1. The number of non-ortho nitro benzene ring substituents is 1. The van der Waals surface area contributed by atoms with Gasteiger partial charge in [0.05, 0.1) is 15.5 Å². The summed E-state index contributed by atoms with van der Waals surface area (Å²) in [5.74, 6) is -0.338. The highest BCUT2D eigenvalue weighted by Gasteiger charge is 2.34. The van der Waals surface area contributed by atoms with Crippen LogP contribution in [-0.4, -0.2) is 21.7 Å². The van der Waals surface area contributed by atoms with Gasteiger partial charge in [-0.1, -0.05) is 35.3 Å². The third-order valence-electron chi connectivity index (χ3n) is 3.49. The largest absolute Gasteiger partial charge is 0.446 e. The molecule has 7 nitrogen and oxygen atoms in total. The van der Waals surface area contributed by atoms with Gasteiger partial charge in [-0.2, -0.15) is 5.01 Å². The van der Waals surface area contributed by atoms with Gasteiger partial charge in [-0.15, -0.1) is 5.10 Å². The van der Waals surface area contributed by atoms with E-state index in [0.717, 1.165) is 5.01 Å². The zero-order valence-electron chi connectivity index (χ0n) is 12.8. The summed E-state index contributed by atoms with van der Waals surface area (Å²) in [6, 6.07) is 10.7. The van der Waals surface area contributed by atoms with Crippen molar-refractivity contribution in [3.63, 3.8) is 0 Å². The molecule has 128 valence electrons. The molecule has 0 bridgehead atoms. The Labute approximate surface area is 152 Å². The van der Waals surface area contributed by atoms with Crippen molar-refractivity contribution in [2.75, 3.05) is 0 Å². The Morgan fingerprint density at radius 1 is 1.28 bits per heavy atom. The molecule has 1 atom stereocenters. The van der Waals surface area contributed by atoms with E-state index in [9.17, 15) is 14.9 Å². The van der Waals surface area contributed by atoms with Crippen LogP contribution in [0.1, 0.15) is 24.3 Å². The number of halogens is 2. The second-order valence-corrected chi connectivity index (χ2v) is 6.06. The molecular formula is C16H11Cl2N3O4. The molecule has 2 aromatic rings. The summed E-state index contributed by atoms with van der Waals surface area (Å²) < 4.78 is 5.77. The lowest BCUT2D eigenvalue weighted by Crippen LogP contribution is -2.25. The molecule has 3 rings (SSSR count). The molecule has 0 unspecified atom stereocenters.